The number of hydrogen-bond donors (Lipinski definition) is 4. The lowest BCUT2D eigenvalue weighted by Gasteiger charge is -2.60. The number of benzene rings is 2. The summed E-state index contributed by atoms with van der Waals surface area (Å²) in [5.41, 5.74) is 4.17. The Morgan fingerprint density at radius 3 is 2.54 bits per heavy atom. The minimum absolute atomic E-state index is 0.204. The number of anilines is 2. The van der Waals surface area contributed by atoms with Crippen molar-refractivity contribution in [3.8, 4) is 0 Å². The van der Waals surface area contributed by atoms with Crippen LogP contribution in [0.15, 0.2) is 49.2 Å². The number of hydrogen-bond acceptors (Lipinski definition) is 11. The van der Waals surface area contributed by atoms with Crippen molar-refractivity contribution < 1.29 is 24.3 Å². The lowest BCUT2D eigenvalue weighted by Crippen LogP contribution is -2.63. The zero-order valence-electron chi connectivity index (χ0n) is 34.0. The normalized spacial score (nSPS) is 23.3. The fraction of sp³-hybridized carbons (Fsp3) is 0.489. The highest BCUT2D eigenvalue weighted by molar-refractivity contribution is 7.18. The van der Waals surface area contributed by atoms with E-state index < -0.39 is 17.6 Å². The van der Waals surface area contributed by atoms with Crippen LogP contribution in [0.1, 0.15) is 120 Å². The number of nitrogens with one attached hydrogen (secondary N) is 3. The summed E-state index contributed by atoms with van der Waals surface area (Å²) >= 11 is 1.69. The molecule has 13 nitrogen and oxygen atoms in total. The third kappa shape index (κ3) is 7.66. The molecule has 4 N–H and O–H groups in total. The average Bonchev–Trinajstić information content (AvgIpc) is 3.70. The van der Waals surface area contributed by atoms with Crippen LogP contribution in [0.4, 0.5) is 11.4 Å². The van der Waals surface area contributed by atoms with Gasteiger partial charge in [-0.25, -0.2) is 15.0 Å². The van der Waals surface area contributed by atoms with Crippen LogP contribution < -0.4 is 16.0 Å². The quantitative estimate of drug-likeness (QED) is 0.121. The number of imide groups is 1. The molecule has 14 heteroatoms. The second-order valence-electron chi connectivity index (χ2n) is 18.1. The van der Waals surface area contributed by atoms with Crippen molar-refractivity contribution in [2.75, 3.05) is 36.8 Å². The molecule has 4 fully saturated rings. The molecule has 308 valence electrons. The first-order valence-corrected chi connectivity index (χ1v) is 21.8. The molecule has 2 saturated heterocycles. The summed E-state index contributed by atoms with van der Waals surface area (Å²) in [4.78, 5) is 68.5. The average molecular weight is 817 g/mol. The summed E-state index contributed by atoms with van der Waals surface area (Å²) in [7, 11) is 0. The number of aliphatic hydroxyl groups is 1. The smallest absolute Gasteiger partial charge is 0.274 e. The van der Waals surface area contributed by atoms with Crippen LogP contribution in [0, 0.1) is 24.2 Å². The first kappa shape index (κ1) is 39.4. The van der Waals surface area contributed by atoms with Crippen molar-refractivity contribution in [1.29, 1.82) is 0 Å². The monoisotopic (exact) mass is 816 g/mol. The maximum absolute atomic E-state index is 13.6. The Hall–Kier alpha value is -5.05. The van der Waals surface area contributed by atoms with Crippen molar-refractivity contribution in [2.24, 2.45) is 17.3 Å². The van der Waals surface area contributed by atoms with Gasteiger partial charge in [-0.05, 0) is 114 Å². The fourth-order valence-electron chi connectivity index (χ4n) is 10.4. The Morgan fingerprint density at radius 2 is 1.81 bits per heavy atom. The van der Waals surface area contributed by atoms with Crippen molar-refractivity contribution in [3.05, 3.63) is 82.4 Å². The molecule has 2 aromatic heterocycles. The minimum Gasteiger partial charge on any atom is -0.386 e. The van der Waals surface area contributed by atoms with Gasteiger partial charge in [0.05, 0.1) is 26.4 Å². The van der Waals surface area contributed by atoms with E-state index in [4.69, 9.17) is 4.98 Å². The number of aryl methyl sites for hydroxylation is 1. The first-order valence-electron chi connectivity index (χ1n) is 21.0. The van der Waals surface area contributed by atoms with E-state index in [1.54, 1.807) is 44.4 Å². The molecule has 0 radical (unpaired) electrons. The van der Waals surface area contributed by atoms with Gasteiger partial charge in [-0.1, -0.05) is 18.7 Å². The highest BCUT2D eigenvalue weighted by Crippen LogP contribution is 2.53. The standard InChI is InChI=1S/C45H52N8O5S/c1-25-30-6-5-7-32(39(30)43(57)53(25)36-12-13-38(54)51-41(36)56)47-16-14-28-20-45(21-28)23-52(24-45)22-27-8-10-29(11-9-27)42-50-35-18-31(44(3,4)58)34(19-37(35)59-42)49-40(55)33-15-17-46-26(2)48-33/h5-7,15,17-19,27-29,36,47,58H,1,8-14,16,20-24H2,2-4H3,(H,49,55)(H,51,54,56)/t27-,29-,36?. The topological polar surface area (TPSA) is 170 Å². The summed E-state index contributed by atoms with van der Waals surface area (Å²) in [6.45, 7) is 13.6. The Balaban J connectivity index is 0.730. The Bertz CT molecular complexity index is 2360. The van der Waals surface area contributed by atoms with Crippen molar-refractivity contribution in [1.82, 2.24) is 30.1 Å². The minimum atomic E-state index is -1.18. The molecule has 1 spiro atoms. The zero-order chi connectivity index (χ0) is 41.2. The van der Waals surface area contributed by atoms with Crippen LogP contribution in [-0.4, -0.2) is 85.7 Å². The molecule has 1 atom stereocenters. The largest absolute Gasteiger partial charge is 0.386 e. The highest BCUT2D eigenvalue weighted by Gasteiger charge is 2.52. The van der Waals surface area contributed by atoms with E-state index >= 15 is 0 Å². The molecular weight excluding hydrogens is 765 g/mol. The van der Waals surface area contributed by atoms with Gasteiger partial charge in [0.25, 0.3) is 11.8 Å². The number of thiazole rings is 1. The van der Waals surface area contributed by atoms with E-state index in [1.807, 2.05) is 30.3 Å². The van der Waals surface area contributed by atoms with Crippen LogP contribution in [0.2, 0.25) is 0 Å². The number of likely N-dealkylation sites (tertiary alicyclic amines) is 1. The number of carbonyl (C=O) groups is 4. The van der Waals surface area contributed by atoms with Gasteiger partial charge >= 0.3 is 0 Å². The number of carbonyl (C=O) groups excluding carboxylic acids is 4. The van der Waals surface area contributed by atoms with Gasteiger partial charge in [0.1, 0.15) is 17.6 Å². The molecule has 3 aliphatic heterocycles. The predicted molar refractivity (Wildman–Crippen MR) is 227 cm³/mol. The fourth-order valence-corrected chi connectivity index (χ4v) is 11.5. The Morgan fingerprint density at radius 1 is 1.03 bits per heavy atom. The maximum atomic E-state index is 13.6. The van der Waals surface area contributed by atoms with Crippen LogP contribution in [0.5, 0.6) is 0 Å². The highest BCUT2D eigenvalue weighted by atomic mass is 32.1. The van der Waals surface area contributed by atoms with Gasteiger partial charge in [0.2, 0.25) is 11.8 Å². The number of amides is 4. The summed E-state index contributed by atoms with van der Waals surface area (Å²) in [6.07, 6.45) is 10.2. The second kappa shape index (κ2) is 15.2. The number of rotatable bonds is 11. The molecule has 4 aromatic rings. The summed E-state index contributed by atoms with van der Waals surface area (Å²) in [5, 5.41) is 21.0. The van der Waals surface area contributed by atoms with Gasteiger partial charge in [0, 0.05) is 72.9 Å². The number of fused-ring (bicyclic) bond motifs is 2. The van der Waals surface area contributed by atoms with Gasteiger partial charge in [0.15, 0.2) is 0 Å². The van der Waals surface area contributed by atoms with E-state index in [9.17, 15) is 24.3 Å². The molecule has 5 heterocycles. The van der Waals surface area contributed by atoms with E-state index in [0.29, 0.717) is 57.9 Å². The molecule has 2 aromatic carbocycles. The molecular formula is C45H52N8O5S. The molecule has 9 rings (SSSR count). The van der Waals surface area contributed by atoms with Crippen LogP contribution in [-0.2, 0) is 15.2 Å². The van der Waals surface area contributed by atoms with E-state index in [0.717, 1.165) is 52.3 Å². The lowest BCUT2D eigenvalue weighted by atomic mass is 9.57. The molecule has 0 bridgehead atoms. The summed E-state index contributed by atoms with van der Waals surface area (Å²) in [5.74, 6) is 0.971. The van der Waals surface area contributed by atoms with Crippen LogP contribution in [0.3, 0.4) is 0 Å². The Kier molecular flexibility index (Phi) is 10.2. The van der Waals surface area contributed by atoms with Crippen LogP contribution in [0.25, 0.3) is 15.9 Å². The van der Waals surface area contributed by atoms with E-state index in [2.05, 4.69) is 37.4 Å². The van der Waals surface area contributed by atoms with Gasteiger partial charge in [-0.15, -0.1) is 11.3 Å². The van der Waals surface area contributed by atoms with Crippen molar-refractivity contribution in [3.63, 3.8) is 0 Å². The molecule has 5 aliphatic rings. The third-order valence-electron chi connectivity index (χ3n) is 13.2. The predicted octanol–water partition coefficient (Wildman–Crippen LogP) is 6.59. The summed E-state index contributed by atoms with van der Waals surface area (Å²) in [6, 6.07) is 10.4. The number of nitrogens with zero attached hydrogens (tertiary/aromatic N) is 5. The lowest BCUT2D eigenvalue weighted by molar-refractivity contribution is -0.136. The number of piperidine rings is 1. The molecule has 4 amide bonds. The van der Waals surface area contributed by atoms with E-state index in [1.165, 1.54) is 50.2 Å². The molecule has 2 saturated carbocycles. The third-order valence-corrected chi connectivity index (χ3v) is 14.4. The van der Waals surface area contributed by atoms with Crippen LogP contribution >= 0.6 is 11.3 Å². The zero-order valence-corrected chi connectivity index (χ0v) is 34.8. The SMILES string of the molecule is C=C1c2cccc(NCCC3CC4(C3)CN(C[C@H]3CC[C@H](c5nc6cc(C(C)(C)O)c(NC(=O)c7ccnc(C)n7)cc6s5)CC3)C4)c2C(=O)N1C1CCC(=O)NC1=O. The molecule has 1 unspecified atom stereocenters. The van der Waals surface area contributed by atoms with Crippen molar-refractivity contribution in [2.45, 2.75) is 96.1 Å². The molecule has 59 heavy (non-hydrogen) atoms. The summed E-state index contributed by atoms with van der Waals surface area (Å²) < 4.78 is 0.994. The van der Waals surface area contributed by atoms with E-state index in [-0.39, 0.29) is 29.8 Å². The molecule has 2 aliphatic carbocycles. The number of aromatic nitrogens is 3. The first-order chi connectivity index (χ1) is 28.2. The van der Waals surface area contributed by atoms with Crippen molar-refractivity contribution >= 4 is 62.3 Å². The van der Waals surface area contributed by atoms with Gasteiger partial charge in [-0.3, -0.25) is 29.4 Å². The maximum Gasteiger partial charge on any atom is 0.274 e. The Labute approximate surface area is 348 Å². The second-order valence-corrected chi connectivity index (χ2v) is 19.2. The van der Waals surface area contributed by atoms with Gasteiger partial charge < -0.3 is 20.6 Å². The van der Waals surface area contributed by atoms with Gasteiger partial charge in [-0.2, -0.15) is 0 Å².